The summed E-state index contributed by atoms with van der Waals surface area (Å²) in [6.07, 6.45) is -4.75. The molecule has 0 saturated carbocycles. The molecule has 0 aromatic heterocycles. The summed E-state index contributed by atoms with van der Waals surface area (Å²) in [5.74, 6) is -0.976. The van der Waals surface area contributed by atoms with Crippen LogP contribution in [0.25, 0.3) is 0 Å². The predicted octanol–water partition coefficient (Wildman–Crippen LogP) is -1.71. The molecule has 13 heavy (non-hydrogen) atoms. The molecule has 0 aliphatic rings. The van der Waals surface area contributed by atoms with E-state index in [1.54, 1.807) is 13.8 Å². The predicted molar refractivity (Wildman–Crippen MR) is 45.0 cm³/mol. The summed E-state index contributed by atoms with van der Waals surface area (Å²) in [5, 5.41) is 35.7. The number of aliphatic hydroxyl groups excluding tert-OH is 4. The molecule has 0 aromatic carbocycles. The van der Waals surface area contributed by atoms with Gasteiger partial charge in [0.25, 0.3) is 0 Å². The summed E-state index contributed by atoms with van der Waals surface area (Å²) < 4.78 is 0. The van der Waals surface area contributed by atoms with Gasteiger partial charge in [-0.25, -0.2) is 0 Å². The minimum atomic E-state index is -1.64. The first-order valence-corrected chi connectivity index (χ1v) is 4.10. The molecule has 3 atom stereocenters. The molecule has 5 heteroatoms. The number of hydrogen-bond acceptors (Lipinski definition) is 5. The van der Waals surface area contributed by atoms with Gasteiger partial charge in [0, 0.05) is 5.92 Å². The van der Waals surface area contributed by atoms with Gasteiger partial charge >= 0.3 is 0 Å². The first kappa shape index (κ1) is 12.5. The lowest BCUT2D eigenvalue weighted by atomic mass is 9.97. The highest BCUT2D eigenvalue weighted by Gasteiger charge is 2.30. The van der Waals surface area contributed by atoms with Gasteiger partial charge in [0.1, 0.15) is 18.3 Å². The fraction of sp³-hybridized carbons (Fsp3) is 0.875. The molecule has 4 N–H and O–H groups in total. The van der Waals surface area contributed by atoms with Gasteiger partial charge in [0.15, 0.2) is 5.78 Å². The van der Waals surface area contributed by atoms with Crippen molar-refractivity contribution in [1.29, 1.82) is 0 Å². The normalized spacial score (nSPS) is 18.4. The van der Waals surface area contributed by atoms with E-state index in [2.05, 4.69) is 0 Å². The molecule has 0 aliphatic carbocycles. The number of carbonyl (C=O) groups is 1. The van der Waals surface area contributed by atoms with Crippen molar-refractivity contribution in [1.82, 2.24) is 0 Å². The number of rotatable bonds is 5. The van der Waals surface area contributed by atoms with Crippen LogP contribution in [-0.4, -0.2) is 51.1 Å². The first-order valence-electron chi connectivity index (χ1n) is 4.10. The van der Waals surface area contributed by atoms with Crippen molar-refractivity contribution >= 4 is 5.78 Å². The monoisotopic (exact) mass is 192 g/mol. The molecule has 0 unspecified atom stereocenters. The summed E-state index contributed by atoms with van der Waals surface area (Å²) in [7, 11) is 0. The Morgan fingerprint density at radius 1 is 1.23 bits per heavy atom. The van der Waals surface area contributed by atoms with Gasteiger partial charge in [-0.1, -0.05) is 13.8 Å². The number of Topliss-reactive ketones (excluding diaryl/α,β-unsaturated/α-hetero) is 1. The summed E-state index contributed by atoms with van der Waals surface area (Å²) in [4.78, 5) is 11.1. The van der Waals surface area contributed by atoms with Crippen LogP contribution in [0.3, 0.4) is 0 Å². The SMILES string of the molecule is CC(C)C(=O)[C@@H](O)[C@H](O)[C@H](O)CO. The van der Waals surface area contributed by atoms with Crippen molar-refractivity contribution < 1.29 is 25.2 Å². The highest BCUT2D eigenvalue weighted by Crippen LogP contribution is 2.06. The number of ketones is 1. The molecule has 0 saturated heterocycles. The molecule has 0 fully saturated rings. The Labute approximate surface area is 76.6 Å². The fourth-order valence-corrected chi connectivity index (χ4v) is 0.828. The van der Waals surface area contributed by atoms with E-state index < -0.39 is 36.6 Å². The van der Waals surface area contributed by atoms with Crippen molar-refractivity contribution in [3.63, 3.8) is 0 Å². The van der Waals surface area contributed by atoms with E-state index in [0.717, 1.165) is 0 Å². The lowest BCUT2D eigenvalue weighted by Gasteiger charge is -2.21. The fourth-order valence-electron chi connectivity index (χ4n) is 0.828. The molecule has 0 amide bonds. The summed E-state index contributed by atoms with van der Waals surface area (Å²) >= 11 is 0. The molecule has 5 nitrogen and oxygen atoms in total. The van der Waals surface area contributed by atoms with Crippen molar-refractivity contribution in [3.8, 4) is 0 Å². The quantitative estimate of drug-likeness (QED) is 0.415. The number of aliphatic hydroxyl groups is 4. The van der Waals surface area contributed by atoms with Crippen molar-refractivity contribution in [2.24, 2.45) is 5.92 Å². The minimum Gasteiger partial charge on any atom is -0.394 e. The van der Waals surface area contributed by atoms with E-state index >= 15 is 0 Å². The highest BCUT2D eigenvalue weighted by atomic mass is 16.4. The number of carbonyl (C=O) groups excluding carboxylic acids is 1. The van der Waals surface area contributed by atoms with Gasteiger partial charge in [-0.2, -0.15) is 0 Å². The van der Waals surface area contributed by atoms with Gasteiger partial charge in [0.05, 0.1) is 6.61 Å². The van der Waals surface area contributed by atoms with E-state index in [1.165, 1.54) is 0 Å². The van der Waals surface area contributed by atoms with Crippen LogP contribution < -0.4 is 0 Å². The van der Waals surface area contributed by atoms with Crippen LogP contribution in [0.1, 0.15) is 13.8 Å². The van der Waals surface area contributed by atoms with Crippen LogP contribution >= 0.6 is 0 Å². The van der Waals surface area contributed by atoms with Crippen molar-refractivity contribution in [3.05, 3.63) is 0 Å². The zero-order chi connectivity index (χ0) is 10.6. The van der Waals surface area contributed by atoms with Crippen LogP contribution in [0.5, 0.6) is 0 Å². The Balaban J connectivity index is 4.24. The third kappa shape index (κ3) is 3.40. The first-order chi connectivity index (χ1) is 5.91. The van der Waals surface area contributed by atoms with Crippen molar-refractivity contribution in [2.75, 3.05) is 6.61 Å². The van der Waals surface area contributed by atoms with Crippen LogP contribution in [0.15, 0.2) is 0 Å². The average molecular weight is 192 g/mol. The third-order valence-corrected chi connectivity index (χ3v) is 1.77. The second kappa shape index (κ2) is 5.29. The van der Waals surface area contributed by atoms with E-state index in [0.29, 0.717) is 0 Å². The molecule has 0 bridgehead atoms. The molecule has 78 valence electrons. The molecule has 0 spiro atoms. The maximum absolute atomic E-state index is 11.1. The third-order valence-electron chi connectivity index (χ3n) is 1.77. The van der Waals surface area contributed by atoms with Crippen LogP contribution in [0.2, 0.25) is 0 Å². The standard InChI is InChI=1S/C8H16O5/c1-4(2)6(11)8(13)7(12)5(10)3-9/h4-5,7-10,12-13H,3H2,1-2H3/t5-,7-,8-/m1/s1. The largest absolute Gasteiger partial charge is 0.394 e. The van der Waals surface area contributed by atoms with Gasteiger partial charge in [-0.3, -0.25) is 4.79 Å². The average Bonchev–Trinajstić information content (AvgIpc) is 2.12. The topological polar surface area (TPSA) is 98.0 Å². The van der Waals surface area contributed by atoms with Gasteiger partial charge in [0.2, 0.25) is 0 Å². The summed E-state index contributed by atoms with van der Waals surface area (Å²) in [6, 6.07) is 0. The molecule has 0 radical (unpaired) electrons. The number of hydrogen-bond donors (Lipinski definition) is 4. The molecule has 0 rings (SSSR count). The maximum atomic E-state index is 11.1. The Morgan fingerprint density at radius 3 is 2.00 bits per heavy atom. The van der Waals surface area contributed by atoms with Gasteiger partial charge in [-0.15, -0.1) is 0 Å². The molecular weight excluding hydrogens is 176 g/mol. The summed E-state index contributed by atoms with van der Waals surface area (Å²) in [6.45, 7) is 2.46. The Kier molecular flexibility index (Phi) is 5.09. The Hall–Kier alpha value is -0.490. The van der Waals surface area contributed by atoms with Crippen LogP contribution in [0.4, 0.5) is 0 Å². The van der Waals surface area contributed by atoms with Crippen LogP contribution in [-0.2, 0) is 4.79 Å². The molecule has 0 aliphatic heterocycles. The smallest absolute Gasteiger partial charge is 0.166 e. The Bertz CT molecular complexity index is 168. The minimum absolute atomic E-state index is 0.421. The zero-order valence-electron chi connectivity index (χ0n) is 7.71. The maximum Gasteiger partial charge on any atom is 0.166 e. The zero-order valence-corrected chi connectivity index (χ0v) is 7.71. The lowest BCUT2D eigenvalue weighted by molar-refractivity contribution is -0.143. The highest BCUT2D eigenvalue weighted by molar-refractivity contribution is 5.85. The van der Waals surface area contributed by atoms with Crippen molar-refractivity contribution in [2.45, 2.75) is 32.2 Å². The van der Waals surface area contributed by atoms with Crippen LogP contribution in [0, 0.1) is 5.92 Å². The molecule has 0 heterocycles. The van der Waals surface area contributed by atoms with E-state index in [4.69, 9.17) is 15.3 Å². The lowest BCUT2D eigenvalue weighted by Crippen LogP contribution is -2.45. The second-order valence-electron chi connectivity index (χ2n) is 3.24. The molecule has 0 aromatic rings. The molecular formula is C8H16O5. The van der Waals surface area contributed by atoms with Gasteiger partial charge < -0.3 is 20.4 Å². The van der Waals surface area contributed by atoms with E-state index in [1.807, 2.05) is 0 Å². The van der Waals surface area contributed by atoms with E-state index in [9.17, 15) is 9.90 Å². The van der Waals surface area contributed by atoms with Gasteiger partial charge in [-0.05, 0) is 0 Å². The van der Waals surface area contributed by atoms with E-state index in [-0.39, 0.29) is 0 Å². The summed E-state index contributed by atoms with van der Waals surface area (Å²) in [5.41, 5.74) is 0. The Morgan fingerprint density at radius 2 is 1.69 bits per heavy atom. The second-order valence-corrected chi connectivity index (χ2v) is 3.24.